The molecule has 0 bridgehead atoms. The van der Waals surface area contributed by atoms with E-state index in [9.17, 15) is 18.4 Å². The van der Waals surface area contributed by atoms with E-state index in [0.717, 1.165) is 11.8 Å². The number of fused-ring (bicyclic) bond motifs is 1. The third-order valence-corrected chi connectivity index (χ3v) is 6.19. The van der Waals surface area contributed by atoms with Crippen LogP contribution in [0.15, 0.2) is 63.9 Å². The summed E-state index contributed by atoms with van der Waals surface area (Å²) < 4.78 is 33.9. The number of thiophene rings is 1. The van der Waals surface area contributed by atoms with Crippen LogP contribution in [0.2, 0.25) is 0 Å². The van der Waals surface area contributed by atoms with Gasteiger partial charge in [-0.1, -0.05) is 30.0 Å². The SMILES string of the molecule is CCOC(=O)CSc1nc2scc(-c3cccc(F)c3)c2c(=O)n1-c1cccc(F)c1. The highest BCUT2D eigenvalue weighted by Crippen LogP contribution is 2.33. The molecule has 2 heterocycles. The maximum atomic E-state index is 13.9. The van der Waals surface area contributed by atoms with Gasteiger partial charge in [0.15, 0.2) is 5.16 Å². The van der Waals surface area contributed by atoms with Gasteiger partial charge in [0.1, 0.15) is 16.5 Å². The lowest BCUT2D eigenvalue weighted by Crippen LogP contribution is -2.22. The number of carbonyl (C=O) groups is 1. The first-order valence-electron chi connectivity index (χ1n) is 9.32. The number of halogens is 2. The summed E-state index contributed by atoms with van der Waals surface area (Å²) in [5.41, 5.74) is 0.941. The quantitative estimate of drug-likeness (QED) is 0.230. The molecule has 31 heavy (non-hydrogen) atoms. The summed E-state index contributed by atoms with van der Waals surface area (Å²) >= 11 is 2.28. The molecule has 0 saturated heterocycles. The molecule has 0 saturated carbocycles. The number of carbonyl (C=O) groups excluding carboxylic acids is 1. The summed E-state index contributed by atoms with van der Waals surface area (Å²) in [4.78, 5) is 30.4. The van der Waals surface area contributed by atoms with Crippen LogP contribution >= 0.6 is 23.1 Å². The summed E-state index contributed by atoms with van der Waals surface area (Å²) in [6, 6.07) is 11.5. The van der Waals surface area contributed by atoms with Gasteiger partial charge in [-0.25, -0.2) is 13.8 Å². The zero-order valence-electron chi connectivity index (χ0n) is 16.3. The highest BCUT2D eigenvalue weighted by atomic mass is 32.2. The average Bonchev–Trinajstić information content (AvgIpc) is 3.17. The van der Waals surface area contributed by atoms with Crippen LogP contribution in [0.5, 0.6) is 0 Å². The van der Waals surface area contributed by atoms with Crippen molar-refractivity contribution in [3.8, 4) is 16.8 Å². The van der Waals surface area contributed by atoms with Crippen molar-refractivity contribution in [2.24, 2.45) is 0 Å². The Morgan fingerprint density at radius 1 is 1.16 bits per heavy atom. The smallest absolute Gasteiger partial charge is 0.316 e. The fraction of sp³-hybridized carbons (Fsp3) is 0.136. The highest BCUT2D eigenvalue weighted by Gasteiger charge is 2.20. The molecule has 9 heteroatoms. The fourth-order valence-electron chi connectivity index (χ4n) is 3.11. The van der Waals surface area contributed by atoms with Crippen LogP contribution in [-0.4, -0.2) is 27.9 Å². The number of nitrogens with zero attached hydrogens (tertiary/aromatic N) is 2. The number of aromatic nitrogens is 2. The molecule has 0 amide bonds. The molecule has 0 aliphatic rings. The second kappa shape index (κ2) is 8.99. The number of rotatable bonds is 6. The Bertz CT molecular complexity index is 1330. The molecule has 0 aliphatic carbocycles. The van der Waals surface area contributed by atoms with Crippen LogP contribution in [0.4, 0.5) is 8.78 Å². The molecule has 158 valence electrons. The van der Waals surface area contributed by atoms with Crippen molar-refractivity contribution in [3.05, 3.63) is 75.9 Å². The van der Waals surface area contributed by atoms with Gasteiger partial charge in [0, 0.05) is 10.9 Å². The molecule has 0 unspecified atom stereocenters. The number of thioether (sulfide) groups is 1. The molecular formula is C22H16F2N2O3S2. The van der Waals surface area contributed by atoms with Gasteiger partial charge in [0.05, 0.1) is 23.4 Å². The van der Waals surface area contributed by atoms with Gasteiger partial charge < -0.3 is 4.74 Å². The summed E-state index contributed by atoms with van der Waals surface area (Å²) in [7, 11) is 0. The van der Waals surface area contributed by atoms with Crippen molar-refractivity contribution < 1.29 is 18.3 Å². The second-order valence-electron chi connectivity index (χ2n) is 6.45. The second-order valence-corrected chi connectivity index (χ2v) is 8.25. The zero-order chi connectivity index (χ0) is 22.0. The number of ether oxygens (including phenoxy) is 1. The molecule has 5 nitrogen and oxygen atoms in total. The molecule has 0 radical (unpaired) electrons. The summed E-state index contributed by atoms with van der Waals surface area (Å²) in [6.45, 7) is 1.94. The summed E-state index contributed by atoms with van der Waals surface area (Å²) in [5.74, 6) is -1.43. The number of benzene rings is 2. The van der Waals surface area contributed by atoms with E-state index >= 15 is 0 Å². The van der Waals surface area contributed by atoms with Gasteiger partial charge >= 0.3 is 5.97 Å². The van der Waals surface area contributed by atoms with Crippen molar-refractivity contribution in [1.29, 1.82) is 0 Å². The largest absolute Gasteiger partial charge is 0.465 e. The Labute approximate surface area is 184 Å². The standard InChI is InChI=1S/C22H16F2N2O3S2/c1-2-29-18(27)12-31-22-25-20-19(17(11-30-20)13-5-3-6-14(23)9-13)21(28)26(22)16-8-4-7-15(24)10-16/h3-11H,2,12H2,1H3. The van der Waals surface area contributed by atoms with Crippen LogP contribution in [0.1, 0.15) is 6.92 Å². The minimum Gasteiger partial charge on any atom is -0.465 e. The molecule has 0 aliphatic heterocycles. The molecule has 2 aromatic carbocycles. The first-order valence-corrected chi connectivity index (χ1v) is 11.2. The van der Waals surface area contributed by atoms with Crippen molar-refractivity contribution >= 4 is 39.3 Å². The Kier molecular flexibility index (Phi) is 6.15. The predicted octanol–water partition coefficient (Wildman–Crippen LogP) is 5.05. The van der Waals surface area contributed by atoms with E-state index in [0.29, 0.717) is 21.3 Å². The molecular weight excluding hydrogens is 442 g/mol. The van der Waals surface area contributed by atoms with Crippen LogP contribution < -0.4 is 5.56 Å². The number of hydrogen-bond donors (Lipinski definition) is 0. The normalized spacial score (nSPS) is 11.1. The Morgan fingerprint density at radius 2 is 1.90 bits per heavy atom. The first-order chi connectivity index (χ1) is 15.0. The number of hydrogen-bond acceptors (Lipinski definition) is 6. The van der Waals surface area contributed by atoms with Gasteiger partial charge in [-0.15, -0.1) is 11.3 Å². The van der Waals surface area contributed by atoms with Crippen molar-refractivity contribution in [2.75, 3.05) is 12.4 Å². The van der Waals surface area contributed by atoms with Crippen LogP contribution in [0.3, 0.4) is 0 Å². The Hall–Kier alpha value is -3.04. The van der Waals surface area contributed by atoms with Gasteiger partial charge in [0.25, 0.3) is 5.56 Å². The fourth-order valence-corrected chi connectivity index (χ4v) is 4.91. The van der Waals surface area contributed by atoms with E-state index in [-0.39, 0.29) is 23.2 Å². The summed E-state index contributed by atoms with van der Waals surface area (Å²) in [5, 5.41) is 2.29. The van der Waals surface area contributed by atoms with E-state index in [1.54, 1.807) is 30.5 Å². The average molecular weight is 459 g/mol. The van der Waals surface area contributed by atoms with Crippen molar-refractivity contribution in [1.82, 2.24) is 9.55 Å². The third kappa shape index (κ3) is 4.38. The van der Waals surface area contributed by atoms with E-state index in [1.807, 2.05) is 0 Å². The van der Waals surface area contributed by atoms with Gasteiger partial charge in [0.2, 0.25) is 0 Å². The van der Waals surface area contributed by atoms with E-state index in [2.05, 4.69) is 4.98 Å². The highest BCUT2D eigenvalue weighted by molar-refractivity contribution is 7.99. The maximum absolute atomic E-state index is 13.9. The lowest BCUT2D eigenvalue weighted by atomic mass is 10.1. The van der Waals surface area contributed by atoms with Crippen LogP contribution in [-0.2, 0) is 9.53 Å². The van der Waals surface area contributed by atoms with E-state index in [1.165, 1.54) is 46.2 Å². The maximum Gasteiger partial charge on any atom is 0.316 e. The molecule has 0 N–H and O–H groups in total. The molecule has 4 rings (SSSR count). The third-order valence-electron chi connectivity index (χ3n) is 4.40. The number of esters is 1. The van der Waals surface area contributed by atoms with Crippen molar-refractivity contribution in [3.63, 3.8) is 0 Å². The first kappa shape index (κ1) is 21.2. The lowest BCUT2D eigenvalue weighted by molar-refractivity contribution is -0.139. The molecule has 2 aromatic heterocycles. The molecule has 0 fully saturated rings. The molecule has 0 atom stereocenters. The van der Waals surface area contributed by atoms with Gasteiger partial charge in [-0.3, -0.25) is 14.2 Å². The topological polar surface area (TPSA) is 61.2 Å². The van der Waals surface area contributed by atoms with Crippen LogP contribution in [0, 0.1) is 11.6 Å². The van der Waals surface area contributed by atoms with E-state index in [4.69, 9.17) is 4.74 Å². The Balaban J connectivity index is 1.92. The van der Waals surface area contributed by atoms with Gasteiger partial charge in [-0.2, -0.15) is 0 Å². The minimum absolute atomic E-state index is 0.0523. The predicted molar refractivity (Wildman–Crippen MR) is 118 cm³/mol. The van der Waals surface area contributed by atoms with Crippen molar-refractivity contribution in [2.45, 2.75) is 12.1 Å². The zero-order valence-corrected chi connectivity index (χ0v) is 17.9. The van der Waals surface area contributed by atoms with Gasteiger partial charge in [-0.05, 0) is 42.8 Å². The van der Waals surface area contributed by atoms with E-state index < -0.39 is 23.2 Å². The Morgan fingerprint density at radius 3 is 2.61 bits per heavy atom. The lowest BCUT2D eigenvalue weighted by Gasteiger charge is -2.12. The molecule has 4 aromatic rings. The van der Waals surface area contributed by atoms with Crippen LogP contribution in [0.25, 0.3) is 27.0 Å². The molecule has 0 spiro atoms. The summed E-state index contributed by atoms with van der Waals surface area (Å²) in [6.07, 6.45) is 0. The minimum atomic E-state index is -0.512. The monoisotopic (exact) mass is 458 g/mol.